The van der Waals surface area contributed by atoms with Gasteiger partial charge in [0.15, 0.2) is 9.84 Å². The van der Waals surface area contributed by atoms with Crippen LogP contribution in [-0.2, 0) is 36.5 Å². The maximum absolute atomic E-state index is 11.9. The minimum absolute atomic E-state index is 0.0293. The Labute approximate surface area is 154 Å². The highest BCUT2D eigenvalue weighted by molar-refractivity contribution is 7.91. The van der Waals surface area contributed by atoms with Gasteiger partial charge in [0.25, 0.3) is 0 Å². The van der Waals surface area contributed by atoms with E-state index in [0.29, 0.717) is 24.4 Å². The van der Waals surface area contributed by atoms with Gasteiger partial charge in [0.05, 0.1) is 12.9 Å². The van der Waals surface area contributed by atoms with Gasteiger partial charge < -0.3 is 15.4 Å². The van der Waals surface area contributed by atoms with Gasteiger partial charge in [-0.1, -0.05) is 24.3 Å². The second-order valence-electron chi connectivity index (χ2n) is 6.60. The van der Waals surface area contributed by atoms with Gasteiger partial charge in [-0.05, 0) is 43.0 Å². The number of benzene rings is 1. The van der Waals surface area contributed by atoms with E-state index in [1.54, 1.807) is 24.3 Å². The molecule has 2 rings (SSSR count). The van der Waals surface area contributed by atoms with E-state index < -0.39 is 21.6 Å². The van der Waals surface area contributed by atoms with Crippen LogP contribution in [-0.4, -0.2) is 46.2 Å². The molecule has 0 spiro atoms. The van der Waals surface area contributed by atoms with Gasteiger partial charge in [0.2, 0.25) is 5.91 Å². The molecule has 0 saturated carbocycles. The molecule has 1 aliphatic rings. The number of esters is 1. The Morgan fingerprint density at radius 2 is 1.92 bits per heavy atom. The Hall–Kier alpha value is -1.93. The fraction of sp³-hybridized carbons (Fsp3) is 0.556. The van der Waals surface area contributed by atoms with Crippen LogP contribution in [0.1, 0.15) is 30.4 Å². The molecule has 1 aliphatic heterocycles. The van der Waals surface area contributed by atoms with Crippen molar-refractivity contribution in [2.75, 3.05) is 26.0 Å². The average Bonchev–Trinajstić information content (AvgIpc) is 3.12. The third kappa shape index (κ3) is 7.13. The number of ether oxygens (including phenoxy) is 1. The van der Waals surface area contributed by atoms with Crippen LogP contribution in [0, 0.1) is 5.92 Å². The van der Waals surface area contributed by atoms with Crippen molar-refractivity contribution in [3.8, 4) is 0 Å². The Bertz CT molecular complexity index is 710. The van der Waals surface area contributed by atoms with Gasteiger partial charge in [-0.3, -0.25) is 9.59 Å². The van der Waals surface area contributed by atoms with E-state index >= 15 is 0 Å². The Kier molecular flexibility index (Phi) is 7.59. The Morgan fingerprint density at radius 3 is 2.54 bits per heavy atom. The van der Waals surface area contributed by atoms with E-state index in [1.807, 2.05) is 0 Å². The lowest BCUT2D eigenvalue weighted by molar-refractivity contribution is -0.137. The van der Waals surface area contributed by atoms with Crippen molar-refractivity contribution >= 4 is 21.7 Å². The summed E-state index contributed by atoms with van der Waals surface area (Å²) < 4.78 is 28.2. The first-order valence-electron chi connectivity index (χ1n) is 8.70. The van der Waals surface area contributed by atoms with Gasteiger partial charge in [0, 0.05) is 13.0 Å². The van der Waals surface area contributed by atoms with Gasteiger partial charge in [-0.15, -0.1) is 0 Å². The first-order valence-corrected chi connectivity index (χ1v) is 10.5. The summed E-state index contributed by atoms with van der Waals surface area (Å²) in [5.74, 6) is -0.992. The smallest absolute Gasteiger partial charge is 0.320 e. The fourth-order valence-electron chi connectivity index (χ4n) is 2.88. The Morgan fingerprint density at radius 1 is 1.23 bits per heavy atom. The maximum Gasteiger partial charge on any atom is 0.320 e. The van der Waals surface area contributed by atoms with Crippen molar-refractivity contribution in [1.29, 1.82) is 0 Å². The highest BCUT2D eigenvalue weighted by Crippen LogP contribution is 2.14. The molecule has 1 aromatic carbocycles. The number of carbonyl (C=O) groups excluding carboxylic acids is 2. The molecule has 0 aliphatic carbocycles. The number of carbonyl (C=O) groups is 2. The van der Waals surface area contributed by atoms with Crippen LogP contribution < -0.4 is 10.6 Å². The second-order valence-corrected chi connectivity index (χ2v) is 8.66. The van der Waals surface area contributed by atoms with E-state index in [0.717, 1.165) is 38.6 Å². The highest BCUT2D eigenvalue weighted by Gasteiger charge is 2.18. The quantitative estimate of drug-likeness (QED) is 0.612. The molecule has 7 nitrogen and oxygen atoms in total. The lowest BCUT2D eigenvalue weighted by atomic mass is 10.0. The first-order chi connectivity index (χ1) is 12.4. The average molecular weight is 382 g/mol. The lowest BCUT2D eigenvalue weighted by Crippen LogP contribution is -2.23. The van der Waals surface area contributed by atoms with E-state index in [4.69, 9.17) is 0 Å². The molecule has 1 aromatic rings. The predicted octanol–water partition coefficient (Wildman–Crippen LogP) is 0.780. The van der Waals surface area contributed by atoms with E-state index in [9.17, 15) is 18.0 Å². The molecule has 1 unspecified atom stereocenters. The molecule has 1 fully saturated rings. The molecular formula is C18H26N2O5S. The van der Waals surface area contributed by atoms with Crippen molar-refractivity contribution in [2.24, 2.45) is 5.92 Å². The zero-order chi connectivity index (χ0) is 19.0. The van der Waals surface area contributed by atoms with Crippen LogP contribution in [0.3, 0.4) is 0 Å². The highest BCUT2D eigenvalue weighted by atomic mass is 32.2. The molecule has 1 atom stereocenters. The third-order valence-corrected chi connectivity index (χ3v) is 5.86. The van der Waals surface area contributed by atoms with Gasteiger partial charge in [-0.2, -0.15) is 0 Å². The van der Waals surface area contributed by atoms with E-state index in [1.165, 1.54) is 0 Å². The number of amides is 1. The monoisotopic (exact) mass is 382 g/mol. The van der Waals surface area contributed by atoms with Crippen LogP contribution in [0.4, 0.5) is 0 Å². The number of hydrogen-bond acceptors (Lipinski definition) is 6. The van der Waals surface area contributed by atoms with Crippen LogP contribution in [0.15, 0.2) is 24.3 Å². The summed E-state index contributed by atoms with van der Waals surface area (Å²) in [5.41, 5.74) is 1.49. The summed E-state index contributed by atoms with van der Waals surface area (Å²) in [4.78, 5) is 23.0. The molecular weight excluding hydrogens is 356 g/mol. The summed E-state index contributed by atoms with van der Waals surface area (Å²) in [6, 6.07) is 6.95. The van der Waals surface area contributed by atoms with Crippen LogP contribution in [0.2, 0.25) is 0 Å². The van der Waals surface area contributed by atoms with E-state index in [2.05, 4.69) is 15.4 Å². The maximum atomic E-state index is 11.9. The fourth-order valence-corrected chi connectivity index (χ4v) is 4.16. The lowest BCUT2D eigenvalue weighted by Gasteiger charge is -2.09. The molecule has 0 aromatic heterocycles. The number of rotatable bonds is 9. The molecule has 1 amide bonds. The van der Waals surface area contributed by atoms with Crippen LogP contribution in [0.25, 0.3) is 0 Å². The Balaban J connectivity index is 1.76. The molecule has 8 heteroatoms. The predicted molar refractivity (Wildman–Crippen MR) is 98.0 cm³/mol. The normalized spacial score (nSPS) is 17.0. The molecule has 2 N–H and O–H groups in total. The van der Waals surface area contributed by atoms with Crippen molar-refractivity contribution in [3.05, 3.63) is 35.4 Å². The van der Waals surface area contributed by atoms with Crippen molar-refractivity contribution in [2.45, 2.75) is 31.6 Å². The minimum atomic E-state index is -3.55. The molecule has 1 saturated heterocycles. The SMILES string of the molecule is COC(=O)CS(=O)(=O)Cc1ccc(CNC(=O)CCC2CCNC2)cc1. The molecule has 0 bridgehead atoms. The van der Waals surface area contributed by atoms with Crippen LogP contribution in [0.5, 0.6) is 0 Å². The summed E-state index contributed by atoms with van der Waals surface area (Å²) in [6.07, 6.45) is 2.56. The summed E-state index contributed by atoms with van der Waals surface area (Å²) >= 11 is 0. The summed E-state index contributed by atoms with van der Waals surface area (Å²) in [7, 11) is -2.39. The third-order valence-electron chi connectivity index (χ3n) is 4.41. The van der Waals surface area contributed by atoms with Gasteiger partial charge in [0.1, 0.15) is 5.75 Å². The molecule has 0 radical (unpaired) electrons. The largest absolute Gasteiger partial charge is 0.468 e. The summed E-state index contributed by atoms with van der Waals surface area (Å²) in [6.45, 7) is 2.44. The first kappa shape index (κ1) is 20.4. The minimum Gasteiger partial charge on any atom is -0.468 e. The van der Waals surface area contributed by atoms with Gasteiger partial charge in [-0.25, -0.2) is 8.42 Å². The second kappa shape index (κ2) is 9.68. The van der Waals surface area contributed by atoms with Crippen LogP contribution >= 0.6 is 0 Å². The molecule has 26 heavy (non-hydrogen) atoms. The zero-order valence-electron chi connectivity index (χ0n) is 15.0. The number of hydrogen-bond donors (Lipinski definition) is 2. The molecule has 1 heterocycles. The topological polar surface area (TPSA) is 102 Å². The number of sulfone groups is 1. The van der Waals surface area contributed by atoms with Gasteiger partial charge >= 0.3 is 5.97 Å². The van der Waals surface area contributed by atoms with Crippen molar-refractivity contribution < 1.29 is 22.7 Å². The van der Waals surface area contributed by atoms with Crippen molar-refractivity contribution in [3.63, 3.8) is 0 Å². The number of nitrogens with one attached hydrogen (secondary N) is 2. The number of methoxy groups -OCH3 is 1. The zero-order valence-corrected chi connectivity index (χ0v) is 15.8. The standard InChI is InChI=1S/C18H26N2O5S/c1-25-18(22)13-26(23,24)12-16-4-2-14(3-5-16)11-20-17(21)7-6-15-8-9-19-10-15/h2-5,15,19H,6-13H2,1H3,(H,20,21). The van der Waals surface area contributed by atoms with E-state index in [-0.39, 0.29) is 11.7 Å². The molecule has 144 valence electrons. The van der Waals surface area contributed by atoms with Crippen molar-refractivity contribution in [1.82, 2.24) is 10.6 Å². The summed E-state index contributed by atoms with van der Waals surface area (Å²) in [5, 5.41) is 6.17.